The summed E-state index contributed by atoms with van der Waals surface area (Å²) >= 11 is 0. The number of hydrogen-bond donors (Lipinski definition) is 0. The molecule has 0 radical (unpaired) electrons. The molecule has 1 aromatic rings. The molecule has 0 saturated carbocycles. The van der Waals surface area contributed by atoms with Gasteiger partial charge in [-0.1, -0.05) is 30.3 Å². The van der Waals surface area contributed by atoms with Gasteiger partial charge in [-0.15, -0.1) is 0 Å². The zero-order valence-electron chi connectivity index (χ0n) is 8.85. The second-order valence-electron chi connectivity index (χ2n) is 3.19. The van der Waals surface area contributed by atoms with E-state index in [2.05, 4.69) is 6.58 Å². The molecular weight excluding hydrogens is 224 g/mol. The van der Waals surface area contributed by atoms with E-state index in [0.717, 1.165) is 11.1 Å². The lowest BCUT2D eigenvalue weighted by atomic mass is 10.1. The van der Waals surface area contributed by atoms with Crippen molar-refractivity contribution in [1.29, 1.82) is 0 Å². The van der Waals surface area contributed by atoms with Crippen molar-refractivity contribution in [1.82, 2.24) is 0 Å². The first-order valence-electron chi connectivity index (χ1n) is 4.73. The molecule has 0 bridgehead atoms. The van der Waals surface area contributed by atoms with Crippen LogP contribution in [0, 0.1) is 20.2 Å². The van der Waals surface area contributed by atoms with Crippen molar-refractivity contribution in [3.05, 3.63) is 74.5 Å². The Kier molecular flexibility index (Phi) is 4.10. The summed E-state index contributed by atoms with van der Waals surface area (Å²) < 4.78 is 0. The molecule has 6 heteroatoms. The summed E-state index contributed by atoms with van der Waals surface area (Å²) in [6.07, 6.45) is 4.05. The average molecular weight is 234 g/mol. The fraction of sp³-hybridized carbons (Fsp3) is 0.0909. The molecule has 0 aliphatic heterocycles. The maximum absolute atomic E-state index is 10.5. The van der Waals surface area contributed by atoms with Gasteiger partial charge in [-0.3, -0.25) is 20.2 Å². The van der Waals surface area contributed by atoms with Crippen LogP contribution < -0.4 is 0 Å². The summed E-state index contributed by atoms with van der Waals surface area (Å²) in [7, 11) is 0. The van der Waals surface area contributed by atoms with Gasteiger partial charge >= 0.3 is 0 Å². The van der Waals surface area contributed by atoms with Crippen LogP contribution in [0.25, 0.3) is 6.08 Å². The molecule has 0 amide bonds. The molecule has 0 N–H and O–H groups in total. The molecule has 1 aromatic carbocycles. The zero-order valence-corrected chi connectivity index (χ0v) is 8.85. The molecule has 0 saturated heterocycles. The molecule has 2 rings (SSSR count). The van der Waals surface area contributed by atoms with Gasteiger partial charge in [0.1, 0.15) is 0 Å². The molecule has 0 fully saturated rings. The number of nitro groups is 2. The first kappa shape index (κ1) is 12.6. The van der Waals surface area contributed by atoms with Crippen LogP contribution >= 0.6 is 0 Å². The Morgan fingerprint density at radius 2 is 1.82 bits per heavy atom. The quantitative estimate of drug-likeness (QED) is 0.580. The Balaban J connectivity index is 0.000000249. The normalized spacial score (nSPS) is 15.4. The summed E-state index contributed by atoms with van der Waals surface area (Å²) in [5, 5.41) is 19.6. The van der Waals surface area contributed by atoms with Gasteiger partial charge < -0.3 is 0 Å². The van der Waals surface area contributed by atoms with E-state index in [-0.39, 0.29) is 4.92 Å². The Morgan fingerprint density at radius 3 is 2.35 bits per heavy atom. The van der Waals surface area contributed by atoms with Gasteiger partial charge in [-0.25, -0.2) is 0 Å². The van der Waals surface area contributed by atoms with Gasteiger partial charge in [0.2, 0.25) is 6.20 Å². The van der Waals surface area contributed by atoms with Crippen molar-refractivity contribution in [3.8, 4) is 0 Å². The van der Waals surface area contributed by atoms with Crippen LogP contribution in [0.15, 0.2) is 43.1 Å². The molecule has 1 atom stereocenters. The lowest BCUT2D eigenvalue weighted by Crippen LogP contribution is -2.05. The van der Waals surface area contributed by atoms with Crippen LogP contribution in [0.2, 0.25) is 0 Å². The van der Waals surface area contributed by atoms with Gasteiger partial charge in [-0.2, -0.15) is 0 Å². The topological polar surface area (TPSA) is 86.3 Å². The van der Waals surface area contributed by atoms with Crippen LogP contribution in [-0.4, -0.2) is 9.85 Å². The van der Waals surface area contributed by atoms with Gasteiger partial charge in [0, 0.05) is 10.5 Å². The highest BCUT2D eigenvalue weighted by atomic mass is 16.6. The van der Waals surface area contributed by atoms with Crippen molar-refractivity contribution in [2.75, 3.05) is 0 Å². The van der Waals surface area contributed by atoms with E-state index < -0.39 is 11.0 Å². The van der Waals surface area contributed by atoms with Crippen LogP contribution in [0.1, 0.15) is 17.2 Å². The number of rotatable bonds is 2. The van der Waals surface area contributed by atoms with Crippen LogP contribution in [0.5, 0.6) is 0 Å². The van der Waals surface area contributed by atoms with Crippen molar-refractivity contribution < 1.29 is 9.85 Å². The first-order valence-corrected chi connectivity index (χ1v) is 4.73. The number of nitrogens with zero attached hydrogens (tertiary/aromatic N) is 2. The number of benzene rings is 1. The Bertz CT molecular complexity index is 482. The van der Waals surface area contributed by atoms with Gasteiger partial charge in [-0.05, 0) is 18.2 Å². The SMILES string of the molecule is C=C[N+](=O)[O-].O=[N+]([O-])C1C=Cc2ccccc21. The summed E-state index contributed by atoms with van der Waals surface area (Å²) in [6, 6.07) is 6.74. The Labute approximate surface area is 97.2 Å². The molecule has 88 valence electrons. The van der Waals surface area contributed by atoms with Crippen molar-refractivity contribution in [2.24, 2.45) is 0 Å². The number of fused-ring (bicyclic) bond motifs is 1. The molecule has 6 nitrogen and oxygen atoms in total. The fourth-order valence-corrected chi connectivity index (χ4v) is 1.41. The van der Waals surface area contributed by atoms with E-state index in [4.69, 9.17) is 10.1 Å². The van der Waals surface area contributed by atoms with Crippen molar-refractivity contribution >= 4 is 6.08 Å². The minimum Gasteiger partial charge on any atom is -0.264 e. The summed E-state index contributed by atoms with van der Waals surface area (Å²) in [5.74, 6) is 0. The highest BCUT2D eigenvalue weighted by Crippen LogP contribution is 2.29. The monoisotopic (exact) mass is 234 g/mol. The van der Waals surface area contributed by atoms with Crippen LogP contribution in [0.4, 0.5) is 0 Å². The second-order valence-corrected chi connectivity index (χ2v) is 3.19. The minimum atomic E-state index is -0.638. The second kappa shape index (κ2) is 5.55. The molecule has 0 spiro atoms. The summed E-state index contributed by atoms with van der Waals surface area (Å²) in [5.41, 5.74) is 1.75. The number of hydrogen-bond acceptors (Lipinski definition) is 4. The smallest absolute Gasteiger partial charge is 0.257 e. The standard InChI is InChI=1S/C9H7NO2.C2H3NO2/c11-10(12)9-6-5-7-3-1-2-4-8(7)9;1-2-3(4)5/h1-6,9H;2H,1H2. The van der Waals surface area contributed by atoms with Crippen LogP contribution in [0.3, 0.4) is 0 Å². The summed E-state index contributed by atoms with van der Waals surface area (Å²) in [6.45, 7) is 2.86. The first-order chi connectivity index (χ1) is 8.06. The third-order valence-electron chi connectivity index (χ3n) is 2.15. The lowest BCUT2D eigenvalue weighted by molar-refractivity contribution is -0.514. The minimum absolute atomic E-state index is 0.275. The summed E-state index contributed by atoms with van der Waals surface area (Å²) in [4.78, 5) is 18.7. The van der Waals surface area contributed by atoms with Gasteiger partial charge in [0.05, 0.1) is 4.92 Å². The molecule has 1 aliphatic rings. The third-order valence-corrected chi connectivity index (χ3v) is 2.15. The fourth-order valence-electron chi connectivity index (χ4n) is 1.41. The van der Waals surface area contributed by atoms with Crippen molar-refractivity contribution in [2.45, 2.75) is 6.04 Å². The van der Waals surface area contributed by atoms with Crippen LogP contribution in [-0.2, 0) is 0 Å². The van der Waals surface area contributed by atoms with E-state index >= 15 is 0 Å². The molecular formula is C11H10N2O4. The molecule has 0 aromatic heterocycles. The van der Waals surface area contributed by atoms with E-state index in [9.17, 15) is 10.1 Å². The van der Waals surface area contributed by atoms with Gasteiger partial charge in [0.15, 0.2) is 0 Å². The maximum Gasteiger partial charge on any atom is 0.257 e. The van der Waals surface area contributed by atoms with E-state index in [1.165, 1.54) is 0 Å². The van der Waals surface area contributed by atoms with E-state index in [0.29, 0.717) is 6.20 Å². The zero-order chi connectivity index (χ0) is 12.8. The largest absolute Gasteiger partial charge is 0.264 e. The molecule has 17 heavy (non-hydrogen) atoms. The highest BCUT2D eigenvalue weighted by molar-refractivity contribution is 5.61. The predicted octanol–water partition coefficient (Wildman–Crippen LogP) is 2.44. The lowest BCUT2D eigenvalue weighted by Gasteiger charge is -2.01. The van der Waals surface area contributed by atoms with E-state index in [1.54, 1.807) is 18.2 Å². The highest BCUT2D eigenvalue weighted by Gasteiger charge is 2.25. The molecule has 0 heterocycles. The predicted molar refractivity (Wildman–Crippen MR) is 62.4 cm³/mol. The Hall–Kier alpha value is -2.50. The van der Waals surface area contributed by atoms with Crippen molar-refractivity contribution in [3.63, 3.8) is 0 Å². The average Bonchev–Trinajstić information content (AvgIpc) is 2.73. The molecule has 1 aliphatic carbocycles. The van der Waals surface area contributed by atoms with Gasteiger partial charge in [0.25, 0.3) is 6.04 Å². The maximum atomic E-state index is 10.5. The molecule has 1 unspecified atom stereocenters. The third kappa shape index (κ3) is 3.23. The van der Waals surface area contributed by atoms with E-state index in [1.807, 2.05) is 18.2 Å². The Morgan fingerprint density at radius 1 is 1.24 bits per heavy atom.